The fourth-order valence-electron chi connectivity index (χ4n) is 1.84. The maximum absolute atomic E-state index is 12.9. The first-order chi connectivity index (χ1) is 9.52. The second-order valence-electron chi connectivity index (χ2n) is 4.77. The Bertz CT molecular complexity index is 673. The van der Waals surface area contributed by atoms with Crippen LogP contribution >= 0.6 is 23.2 Å². The lowest BCUT2D eigenvalue weighted by molar-refractivity contribution is -0.160. The van der Waals surface area contributed by atoms with Gasteiger partial charge in [0.2, 0.25) is 10.0 Å². The van der Waals surface area contributed by atoms with Gasteiger partial charge in [0, 0.05) is 11.6 Å². The molecule has 1 aliphatic carbocycles. The summed E-state index contributed by atoms with van der Waals surface area (Å²) in [6.07, 6.45) is -5.28. The summed E-state index contributed by atoms with van der Waals surface area (Å²) < 4.78 is 64.6. The van der Waals surface area contributed by atoms with Crippen LogP contribution in [-0.4, -0.2) is 20.1 Å². The van der Waals surface area contributed by atoms with Gasteiger partial charge in [-0.05, 0) is 30.5 Å². The Morgan fingerprint density at radius 1 is 1.29 bits per heavy atom. The molecule has 0 heterocycles. The second kappa shape index (κ2) is 5.27. The number of rotatable bonds is 4. The summed E-state index contributed by atoms with van der Waals surface area (Å²) in [6, 6.07) is 2.36. The van der Waals surface area contributed by atoms with E-state index >= 15 is 0 Å². The summed E-state index contributed by atoms with van der Waals surface area (Å²) in [5, 5.41) is -0.204. The smallest absolute Gasteiger partial charge is 0.326 e. The molecule has 10 heteroatoms. The summed E-state index contributed by atoms with van der Waals surface area (Å²) in [7, 11) is -4.47. The third-order valence-corrected chi connectivity index (χ3v) is 5.55. The number of nitrogens with two attached hydrogens (primary N) is 1. The van der Waals surface area contributed by atoms with Gasteiger partial charge in [-0.2, -0.15) is 17.9 Å². The van der Waals surface area contributed by atoms with Crippen LogP contribution in [0.2, 0.25) is 10.0 Å². The van der Waals surface area contributed by atoms with Gasteiger partial charge < -0.3 is 5.73 Å². The molecule has 118 valence electrons. The van der Waals surface area contributed by atoms with Crippen LogP contribution in [0.1, 0.15) is 18.4 Å². The van der Waals surface area contributed by atoms with Crippen LogP contribution < -0.4 is 10.5 Å². The highest BCUT2D eigenvalue weighted by molar-refractivity contribution is 7.89. The molecule has 4 nitrogen and oxygen atoms in total. The van der Waals surface area contributed by atoms with Gasteiger partial charge in [0.15, 0.2) is 0 Å². The molecule has 0 aromatic heterocycles. The van der Waals surface area contributed by atoms with Gasteiger partial charge >= 0.3 is 6.18 Å². The summed E-state index contributed by atoms with van der Waals surface area (Å²) in [5.41, 5.74) is 3.22. The summed E-state index contributed by atoms with van der Waals surface area (Å²) in [5.74, 6) is 0. The number of sulfonamides is 1. The number of benzene rings is 1. The van der Waals surface area contributed by atoms with Crippen LogP contribution in [0.15, 0.2) is 17.0 Å². The van der Waals surface area contributed by atoms with Crippen molar-refractivity contribution < 1.29 is 21.6 Å². The average Bonchev–Trinajstić information content (AvgIpc) is 3.11. The van der Waals surface area contributed by atoms with Crippen molar-refractivity contribution >= 4 is 33.2 Å². The third-order valence-electron chi connectivity index (χ3n) is 3.21. The Hall–Kier alpha value is -0.540. The van der Waals surface area contributed by atoms with Crippen molar-refractivity contribution in [3.05, 3.63) is 27.7 Å². The van der Waals surface area contributed by atoms with Gasteiger partial charge in [0.05, 0.1) is 5.02 Å². The largest absolute Gasteiger partial charge is 0.407 e. The molecule has 0 saturated heterocycles. The molecule has 0 spiro atoms. The SMILES string of the molecule is NCc1cc(Cl)cc(S(=O)(=O)NC2(C(F)(F)F)CC2)c1Cl. The Labute approximate surface area is 129 Å². The highest BCUT2D eigenvalue weighted by atomic mass is 35.5. The molecule has 0 aliphatic heterocycles. The molecule has 0 atom stereocenters. The molecule has 1 fully saturated rings. The molecule has 0 unspecified atom stereocenters. The van der Waals surface area contributed by atoms with E-state index in [9.17, 15) is 21.6 Å². The first kappa shape index (κ1) is 16.8. The fraction of sp³-hybridized carbons (Fsp3) is 0.455. The second-order valence-corrected chi connectivity index (χ2v) is 7.23. The topological polar surface area (TPSA) is 72.2 Å². The maximum atomic E-state index is 12.9. The normalized spacial score (nSPS) is 17.8. The van der Waals surface area contributed by atoms with Crippen molar-refractivity contribution in [1.82, 2.24) is 4.72 Å². The number of nitrogens with one attached hydrogen (secondary N) is 1. The summed E-state index contributed by atoms with van der Waals surface area (Å²) in [4.78, 5) is -0.507. The molecule has 0 amide bonds. The van der Waals surface area contributed by atoms with E-state index in [1.807, 2.05) is 0 Å². The van der Waals surface area contributed by atoms with E-state index < -0.39 is 26.6 Å². The standard InChI is InChI=1S/C11H11Cl2F3N2O2S/c12-7-3-6(5-17)9(13)8(4-7)21(19,20)18-10(1-2-10)11(14,15)16/h3-4,18H,1-2,5,17H2. The van der Waals surface area contributed by atoms with Crippen LogP contribution in [0, 0.1) is 0 Å². The molecule has 1 aliphatic rings. The van der Waals surface area contributed by atoms with Gasteiger partial charge in [0.1, 0.15) is 10.4 Å². The number of alkyl halides is 3. The molecule has 2 rings (SSSR count). The van der Waals surface area contributed by atoms with E-state index in [1.54, 1.807) is 4.72 Å². The maximum Gasteiger partial charge on any atom is 0.407 e. The molecule has 1 aromatic rings. The Balaban J connectivity index is 2.44. The first-order valence-corrected chi connectivity index (χ1v) is 8.05. The molecule has 0 radical (unpaired) electrons. The predicted octanol–water partition coefficient (Wildman–Crippen LogP) is 2.83. The van der Waals surface area contributed by atoms with Crippen LogP contribution in [0.5, 0.6) is 0 Å². The van der Waals surface area contributed by atoms with Gasteiger partial charge in [0.25, 0.3) is 0 Å². The fourth-order valence-corrected chi connectivity index (χ4v) is 4.23. The van der Waals surface area contributed by atoms with Crippen molar-refractivity contribution in [1.29, 1.82) is 0 Å². The monoisotopic (exact) mass is 362 g/mol. The van der Waals surface area contributed by atoms with E-state index in [-0.39, 0.29) is 35.0 Å². The van der Waals surface area contributed by atoms with Crippen molar-refractivity contribution in [2.45, 2.75) is 36.0 Å². The predicted molar refractivity (Wildman–Crippen MR) is 72.7 cm³/mol. The number of hydrogen-bond donors (Lipinski definition) is 2. The molecular formula is C11H11Cl2F3N2O2S. The zero-order valence-electron chi connectivity index (χ0n) is 10.5. The molecule has 1 saturated carbocycles. The van der Waals surface area contributed by atoms with Gasteiger partial charge in [-0.15, -0.1) is 0 Å². The summed E-state index contributed by atoms with van der Waals surface area (Å²) in [6.45, 7) is -0.0909. The van der Waals surface area contributed by atoms with E-state index in [0.717, 1.165) is 6.07 Å². The van der Waals surface area contributed by atoms with Crippen molar-refractivity contribution in [3.8, 4) is 0 Å². The van der Waals surface area contributed by atoms with Crippen LogP contribution in [-0.2, 0) is 16.6 Å². The van der Waals surface area contributed by atoms with Gasteiger partial charge in [-0.1, -0.05) is 23.2 Å². The summed E-state index contributed by atoms with van der Waals surface area (Å²) >= 11 is 11.6. The lowest BCUT2D eigenvalue weighted by Gasteiger charge is -2.21. The number of halogens is 5. The Morgan fingerprint density at radius 2 is 1.86 bits per heavy atom. The quantitative estimate of drug-likeness (QED) is 0.864. The minimum absolute atomic E-state index is 0.0251. The number of hydrogen-bond acceptors (Lipinski definition) is 3. The first-order valence-electron chi connectivity index (χ1n) is 5.81. The minimum atomic E-state index is -4.66. The highest BCUT2D eigenvalue weighted by Gasteiger charge is 2.65. The Kier molecular flexibility index (Phi) is 4.23. The average molecular weight is 363 g/mol. The zero-order chi connectivity index (χ0) is 16.1. The van der Waals surface area contributed by atoms with Gasteiger partial charge in [-0.25, -0.2) is 8.42 Å². The molecule has 1 aromatic carbocycles. The van der Waals surface area contributed by atoms with E-state index in [1.165, 1.54) is 6.07 Å². The molecule has 3 N–H and O–H groups in total. The minimum Gasteiger partial charge on any atom is -0.326 e. The third kappa shape index (κ3) is 3.14. The van der Waals surface area contributed by atoms with Gasteiger partial charge in [-0.3, -0.25) is 0 Å². The van der Waals surface area contributed by atoms with Crippen molar-refractivity contribution in [2.75, 3.05) is 0 Å². The van der Waals surface area contributed by atoms with Crippen LogP contribution in [0.25, 0.3) is 0 Å². The molecule has 21 heavy (non-hydrogen) atoms. The van der Waals surface area contributed by atoms with E-state index in [2.05, 4.69) is 0 Å². The van der Waals surface area contributed by atoms with E-state index in [0.29, 0.717) is 0 Å². The van der Waals surface area contributed by atoms with Crippen molar-refractivity contribution in [2.24, 2.45) is 5.73 Å². The van der Waals surface area contributed by atoms with Crippen LogP contribution in [0.4, 0.5) is 13.2 Å². The van der Waals surface area contributed by atoms with Crippen LogP contribution in [0.3, 0.4) is 0 Å². The highest BCUT2D eigenvalue weighted by Crippen LogP contribution is 2.50. The molecule has 0 bridgehead atoms. The lowest BCUT2D eigenvalue weighted by Crippen LogP contribution is -2.47. The van der Waals surface area contributed by atoms with Crippen molar-refractivity contribution in [3.63, 3.8) is 0 Å². The lowest BCUT2D eigenvalue weighted by atomic mass is 10.2. The zero-order valence-corrected chi connectivity index (χ0v) is 12.8. The molecular weight excluding hydrogens is 352 g/mol. The van der Waals surface area contributed by atoms with E-state index in [4.69, 9.17) is 28.9 Å². The Morgan fingerprint density at radius 3 is 2.29 bits per heavy atom.